The summed E-state index contributed by atoms with van der Waals surface area (Å²) >= 11 is 6.03. The minimum atomic E-state index is -1.01. The molecule has 0 radical (unpaired) electrons. The van der Waals surface area contributed by atoms with Gasteiger partial charge in [0.25, 0.3) is 0 Å². The summed E-state index contributed by atoms with van der Waals surface area (Å²) in [7, 11) is 0. The van der Waals surface area contributed by atoms with Crippen molar-refractivity contribution >= 4 is 17.6 Å². The molecule has 2 aromatic carbocycles. The molecule has 0 aliphatic carbocycles. The normalized spacial score (nSPS) is 10.3. The number of aromatic carboxylic acids is 1. The first-order valence-corrected chi connectivity index (χ1v) is 6.57. The fraction of sp³-hybridized carbons (Fsp3) is 0.188. The van der Waals surface area contributed by atoms with Crippen LogP contribution in [0.15, 0.2) is 36.4 Å². The highest BCUT2D eigenvalue weighted by Crippen LogP contribution is 2.27. The first kappa shape index (κ1) is 14.4. The summed E-state index contributed by atoms with van der Waals surface area (Å²) in [6, 6.07) is 10.5. The van der Waals surface area contributed by atoms with Crippen LogP contribution in [0.3, 0.4) is 0 Å². The van der Waals surface area contributed by atoms with Crippen LogP contribution in [0, 0.1) is 13.8 Å². The van der Waals surface area contributed by atoms with Crippen LogP contribution in [0.1, 0.15) is 27.0 Å². The second-order valence-corrected chi connectivity index (χ2v) is 5.02. The molecule has 0 unspecified atom stereocenters. The van der Waals surface area contributed by atoms with Crippen molar-refractivity contribution in [2.45, 2.75) is 20.5 Å². The molecule has 0 atom stereocenters. The Morgan fingerprint density at radius 3 is 2.40 bits per heavy atom. The van der Waals surface area contributed by atoms with Gasteiger partial charge >= 0.3 is 5.97 Å². The molecule has 0 aliphatic heterocycles. The lowest BCUT2D eigenvalue weighted by atomic mass is 10.0. The molecule has 2 rings (SSSR count). The van der Waals surface area contributed by atoms with E-state index in [2.05, 4.69) is 0 Å². The number of ether oxygens (including phenoxy) is 1. The molecule has 0 heterocycles. The van der Waals surface area contributed by atoms with E-state index in [0.29, 0.717) is 17.4 Å². The molecule has 20 heavy (non-hydrogen) atoms. The van der Waals surface area contributed by atoms with Gasteiger partial charge in [0.05, 0.1) is 10.6 Å². The number of aryl methyl sites for hydroxylation is 2. The quantitative estimate of drug-likeness (QED) is 0.916. The molecular formula is C16H15ClO3. The number of halogens is 1. The fourth-order valence-corrected chi connectivity index (χ4v) is 2.21. The number of rotatable bonds is 4. The smallest absolute Gasteiger partial charge is 0.335 e. The van der Waals surface area contributed by atoms with Crippen molar-refractivity contribution in [1.82, 2.24) is 0 Å². The average molecular weight is 291 g/mol. The van der Waals surface area contributed by atoms with Crippen molar-refractivity contribution in [1.29, 1.82) is 0 Å². The van der Waals surface area contributed by atoms with Gasteiger partial charge in [-0.3, -0.25) is 0 Å². The van der Waals surface area contributed by atoms with Crippen LogP contribution >= 0.6 is 11.6 Å². The number of benzene rings is 2. The highest BCUT2D eigenvalue weighted by atomic mass is 35.5. The summed E-state index contributed by atoms with van der Waals surface area (Å²) in [6.45, 7) is 4.46. The van der Waals surface area contributed by atoms with Gasteiger partial charge in [-0.1, -0.05) is 29.8 Å². The summed E-state index contributed by atoms with van der Waals surface area (Å²) in [5, 5.41) is 9.18. The maximum absolute atomic E-state index is 10.8. The fourth-order valence-electron chi connectivity index (χ4n) is 1.98. The molecule has 0 bridgehead atoms. The molecule has 0 aromatic heterocycles. The van der Waals surface area contributed by atoms with Crippen molar-refractivity contribution in [2.75, 3.05) is 0 Å². The van der Waals surface area contributed by atoms with E-state index >= 15 is 0 Å². The topological polar surface area (TPSA) is 46.5 Å². The molecule has 2 aromatic rings. The third-order valence-electron chi connectivity index (χ3n) is 3.20. The second-order valence-electron chi connectivity index (χ2n) is 4.61. The molecule has 0 aliphatic rings. The molecule has 0 fully saturated rings. The van der Waals surface area contributed by atoms with E-state index in [1.165, 1.54) is 12.1 Å². The van der Waals surface area contributed by atoms with Gasteiger partial charge in [0, 0.05) is 0 Å². The Balaban J connectivity index is 2.17. The SMILES string of the molecule is Cc1cccc(C)c1COc1ccc(C(=O)O)cc1Cl. The maximum atomic E-state index is 10.8. The molecule has 0 spiro atoms. The third-order valence-corrected chi connectivity index (χ3v) is 3.49. The summed E-state index contributed by atoms with van der Waals surface area (Å²) < 4.78 is 5.69. The lowest BCUT2D eigenvalue weighted by Gasteiger charge is -2.12. The van der Waals surface area contributed by atoms with E-state index in [-0.39, 0.29) is 5.56 Å². The molecule has 0 saturated carbocycles. The molecule has 0 amide bonds. The second kappa shape index (κ2) is 5.97. The van der Waals surface area contributed by atoms with E-state index in [1.54, 1.807) is 6.07 Å². The Morgan fingerprint density at radius 1 is 1.20 bits per heavy atom. The lowest BCUT2D eigenvalue weighted by Crippen LogP contribution is -2.02. The van der Waals surface area contributed by atoms with E-state index in [9.17, 15) is 4.79 Å². The van der Waals surface area contributed by atoms with Gasteiger partial charge in [0.1, 0.15) is 12.4 Å². The molecular weight excluding hydrogens is 276 g/mol. The van der Waals surface area contributed by atoms with Crippen LogP contribution in [-0.2, 0) is 6.61 Å². The average Bonchev–Trinajstić information content (AvgIpc) is 2.39. The first-order chi connectivity index (χ1) is 9.49. The van der Waals surface area contributed by atoms with Gasteiger partial charge in [-0.15, -0.1) is 0 Å². The monoisotopic (exact) mass is 290 g/mol. The minimum absolute atomic E-state index is 0.148. The zero-order valence-corrected chi connectivity index (χ0v) is 12.1. The predicted molar refractivity (Wildman–Crippen MR) is 78.7 cm³/mol. The Hall–Kier alpha value is -2.00. The van der Waals surface area contributed by atoms with Crippen LogP contribution in [-0.4, -0.2) is 11.1 Å². The zero-order valence-electron chi connectivity index (χ0n) is 11.3. The highest BCUT2D eigenvalue weighted by Gasteiger charge is 2.09. The van der Waals surface area contributed by atoms with Crippen molar-refractivity contribution < 1.29 is 14.6 Å². The van der Waals surface area contributed by atoms with E-state index < -0.39 is 5.97 Å². The van der Waals surface area contributed by atoms with Crippen LogP contribution in [0.5, 0.6) is 5.75 Å². The minimum Gasteiger partial charge on any atom is -0.487 e. The Bertz CT molecular complexity index is 630. The van der Waals surface area contributed by atoms with Gasteiger partial charge in [0.2, 0.25) is 0 Å². The highest BCUT2D eigenvalue weighted by molar-refractivity contribution is 6.32. The number of hydrogen-bond acceptors (Lipinski definition) is 2. The third kappa shape index (κ3) is 3.11. The van der Waals surface area contributed by atoms with Crippen LogP contribution in [0.2, 0.25) is 5.02 Å². The molecule has 4 heteroatoms. The van der Waals surface area contributed by atoms with Gasteiger partial charge in [0.15, 0.2) is 0 Å². The van der Waals surface area contributed by atoms with Gasteiger partial charge in [-0.2, -0.15) is 0 Å². The summed E-state index contributed by atoms with van der Waals surface area (Å²) in [6.07, 6.45) is 0. The van der Waals surface area contributed by atoms with Crippen LogP contribution < -0.4 is 4.74 Å². The summed E-state index contributed by atoms with van der Waals surface area (Å²) in [4.78, 5) is 10.8. The number of hydrogen-bond donors (Lipinski definition) is 1. The van der Waals surface area contributed by atoms with Crippen LogP contribution in [0.25, 0.3) is 0 Å². The van der Waals surface area contributed by atoms with Crippen LogP contribution in [0.4, 0.5) is 0 Å². The predicted octanol–water partition coefficient (Wildman–Crippen LogP) is 4.23. The zero-order chi connectivity index (χ0) is 14.7. The molecule has 104 valence electrons. The number of carboxylic acids is 1. The first-order valence-electron chi connectivity index (χ1n) is 6.20. The lowest BCUT2D eigenvalue weighted by molar-refractivity contribution is 0.0697. The largest absolute Gasteiger partial charge is 0.487 e. The summed E-state index contributed by atoms with van der Waals surface area (Å²) in [5.41, 5.74) is 3.58. The van der Waals surface area contributed by atoms with E-state index in [0.717, 1.165) is 16.7 Å². The maximum Gasteiger partial charge on any atom is 0.335 e. The van der Waals surface area contributed by atoms with Gasteiger partial charge in [-0.05, 0) is 48.7 Å². The number of carboxylic acid groups (broad SMARTS) is 1. The Morgan fingerprint density at radius 2 is 1.85 bits per heavy atom. The van der Waals surface area contributed by atoms with Gasteiger partial charge in [-0.25, -0.2) is 4.79 Å². The Labute approximate surface area is 122 Å². The standard InChI is InChI=1S/C16H15ClO3/c1-10-4-3-5-11(2)13(10)9-20-15-7-6-12(16(18)19)8-14(15)17/h3-8H,9H2,1-2H3,(H,18,19). The molecule has 1 N–H and O–H groups in total. The van der Waals surface area contributed by atoms with Crippen molar-refractivity contribution in [3.8, 4) is 5.75 Å². The van der Waals surface area contributed by atoms with E-state index in [1.807, 2.05) is 32.0 Å². The molecule has 3 nitrogen and oxygen atoms in total. The van der Waals surface area contributed by atoms with Crippen molar-refractivity contribution in [3.63, 3.8) is 0 Å². The molecule has 0 saturated heterocycles. The van der Waals surface area contributed by atoms with Crippen molar-refractivity contribution in [3.05, 3.63) is 63.7 Å². The van der Waals surface area contributed by atoms with Gasteiger partial charge < -0.3 is 9.84 Å². The Kier molecular flexibility index (Phi) is 4.30. The summed E-state index contributed by atoms with van der Waals surface area (Å²) in [5.74, 6) is -0.521. The van der Waals surface area contributed by atoms with E-state index in [4.69, 9.17) is 21.4 Å². The number of carbonyl (C=O) groups is 1. The van der Waals surface area contributed by atoms with Crippen molar-refractivity contribution in [2.24, 2.45) is 0 Å².